The zero-order valence-corrected chi connectivity index (χ0v) is 11.8. The number of anilines is 1. The van der Waals surface area contributed by atoms with Crippen molar-refractivity contribution in [3.63, 3.8) is 0 Å². The van der Waals surface area contributed by atoms with Crippen molar-refractivity contribution in [2.24, 2.45) is 5.41 Å². The molecule has 3 rings (SSSR count). The molecule has 2 N–H and O–H groups in total. The number of para-hydroxylation sites is 1. The Labute approximate surface area is 115 Å². The Morgan fingerprint density at radius 3 is 2.89 bits per heavy atom. The second kappa shape index (κ2) is 5.41. The van der Waals surface area contributed by atoms with Gasteiger partial charge in [0, 0.05) is 12.0 Å². The maximum absolute atomic E-state index is 6.16. The van der Waals surface area contributed by atoms with Crippen LogP contribution < -0.4 is 15.4 Å². The second-order valence-corrected chi connectivity index (χ2v) is 6.17. The van der Waals surface area contributed by atoms with E-state index in [0.29, 0.717) is 5.41 Å². The minimum absolute atomic E-state index is 0.322. The lowest BCUT2D eigenvalue weighted by Gasteiger charge is -2.34. The third-order valence-electron chi connectivity index (χ3n) is 4.42. The fourth-order valence-corrected chi connectivity index (χ4v) is 3.02. The Bertz CT molecular complexity index is 438. The first kappa shape index (κ1) is 12.8. The highest BCUT2D eigenvalue weighted by atomic mass is 16.5. The maximum atomic E-state index is 6.16. The van der Waals surface area contributed by atoms with Crippen LogP contribution in [0.1, 0.15) is 31.7 Å². The predicted octanol–water partition coefficient (Wildman–Crippen LogP) is 2.81. The van der Waals surface area contributed by atoms with Crippen molar-refractivity contribution in [2.75, 3.05) is 31.6 Å². The van der Waals surface area contributed by atoms with E-state index in [1.54, 1.807) is 0 Å². The van der Waals surface area contributed by atoms with Crippen LogP contribution in [-0.4, -0.2) is 26.2 Å². The van der Waals surface area contributed by atoms with Crippen LogP contribution in [0.2, 0.25) is 0 Å². The molecular formula is C16H24N2O. The molecule has 104 valence electrons. The second-order valence-electron chi connectivity index (χ2n) is 6.17. The number of benzene rings is 1. The van der Waals surface area contributed by atoms with Crippen molar-refractivity contribution >= 4 is 5.69 Å². The smallest absolute Gasteiger partial charge is 0.142 e. The van der Waals surface area contributed by atoms with Crippen LogP contribution in [0.25, 0.3) is 0 Å². The third kappa shape index (κ3) is 2.86. The summed E-state index contributed by atoms with van der Waals surface area (Å²) in [6.45, 7) is 6.47. The van der Waals surface area contributed by atoms with Crippen LogP contribution in [0.15, 0.2) is 18.2 Å². The molecule has 3 heteroatoms. The van der Waals surface area contributed by atoms with E-state index >= 15 is 0 Å². The number of ether oxygens (including phenoxy) is 1. The predicted molar refractivity (Wildman–Crippen MR) is 79.0 cm³/mol. The van der Waals surface area contributed by atoms with Gasteiger partial charge in [-0.2, -0.15) is 0 Å². The fraction of sp³-hybridized carbons (Fsp3) is 0.625. The molecule has 0 amide bonds. The summed E-state index contributed by atoms with van der Waals surface area (Å²) in [5.74, 6) is 1.04. The third-order valence-corrected chi connectivity index (χ3v) is 4.42. The van der Waals surface area contributed by atoms with E-state index in [9.17, 15) is 0 Å². The Morgan fingerprint density at radius 2 is 2.05 bits per heavy atom. The van der Waals surface area contributed by atoms with Gasteiger partial charge in [0.2, 0.25) is 0 Å². The number of hydrogen-bond donors (Lipinski definition) is 2. The molecule has 2 aliphatic rings. The summed E-state index contributed by atoms with van der Waals surface area (Å²) >= 11 is 0. The summed E-state index contributed by atoms with van der Waals surface area (Å²) in [5, 5.41) is 6.91. The van der Waals surface area contributed by atoms with Crippen molar-refractivity contribution in [2.45, 2.75) is 32.6 Å². The number of nitrogens with one attached hydrogen (secondary N) is 2. The van der Waals surface area contributed by atoms with Crippen LogP contribution in [0.5, 0.6) is 5.75 Å². The van der Waals surface area contributed by atoms with Crippen LogP contribution in [0, 0.1) is 5.41 Å². The van der Waals surface area contributed by atoms with Gasteiger partial charge in [-0.05, 0) is 50.4 Å². The lowest BCUT2D eigenvalue weighted by molar-refractivity contribution is 0.124. The average Bonchev–Trinajstić information content (AvgIpc) is 2.46. The zero-order valence-electron chi connectivity index (χ0n) is 11.8. The molecule has 2 aliphatic heterocycles. The van der Waals surface area contributed by atoms with E-state index in [1.807, 2.05) is 0 Å². The van der Waals surface area contributed by atoms with E-state index in [4.69, 9.17) is 4.74 Å². The molecule has 1 saturated heterocycles. The van der Waals surface area contributed by atoms with Crippen LogP contribution in [0.4, 0.5) is 5.69 Å². The Hall–Kier alpha value is -1.22. The molecule has 0 atom stereocenters. The van der Waals surface area contributed by atoms with E-state index in [-0.39, 0.29) is 0 Å². The minimum atomic E-state index is 0.322. The van der Waals surface area contributed by atoms with Crippen LogP contribution in [0.3, 0.4) is 0 Å². The molecule has 0 radical (unpaired) electrons. The van der Waals surface area contributed by atoms with Gasteiger partial charge in [-0.15, -0.1) is 0 Å². The zero-order chi connectivity index (χ0) is 13.1. The van der Waals surface area contributed by atoms with Gasteiger partial charge in [-0.3, -0.25) is 0 Å². The summed E-state index contributed by atoms with van der Waals surface area (Å²) < 4.78 is 6.16. The summed E-state index contributed by atoms with van der Waals surface area (Å²) in [4.78, 5) is 0. The van der Waals surface area contributed by atoms with Gasteiger partial charge >= 0.3 is 0 Å². The van der Waals surface area contributed by atoms with E-state index < -0.39 is 0 Å². The quantitative estimate of drug-likeness (QED) is 0.877. The molecule has 0 unspecified atom stereocenters. The normalized spacial score (nSPS) is 21.3. The molecule has 1 aromatic rings. The fourth-order valence-electron chi connectivity index (χ4n) is 3.02. The molecule has 0 aromatic heterocycles. The minimum Gasteiger partial charge on any atom is -0.491 e. The van der Waals surface area contributed by atoms with Crippen molar-refractivity contribution in [1.29, 1.82) is 0 Å². The first-order valence-electron chi connectivity index (χ1n) is 7.46. The number of fused-ring (bicyclic) bond motifs is 1. The summed E-state index contributed by atoms with van der Waals surface area (Å²) in [7, 11) is 0. The maximum Gasteiger partial charge on any atom is 0.142 e. The van der Waals surface area contributed by atoms with Crippen molar-refractivity contribution < 1.29 is 4.74 Å². The molecule has 1 aromatic carbocycles. The van der Waals surface area contributed by atoms with Crippen molar-refractivity contribution in [3.05, 3.63) is 23.8 Å². The Morgan fingerprint density at radius 1 is 1.21 bits per heavy atom. The molecule has 3 nitrogen and oxygen atoms in total. The molecule has 19 heavy (non-hydrogen) atoms. The average molecular weight is 260 g/mol. The van der Waals surface area contributed by atoms with Crippen molar-refractivity contribution in [3.8, 4) is 5.75 Å². The first-order chi connectivity index (χ1) is 9.27. The molecule has 0 bridgehead atoms. The first-order valence-corrected chi connectivity index (χ1v) is 7.46. The van der Waals surface area contributed by atoms with Gasteiger partial charge in [-0.1, -0.05) is 19.1 Å². The molecule has 0 aliphatic carbocycles. The monoisotopic (exact) mass is 260 g/mol. The van der Waals surface area contributed by atoms with Gasteiger partial charge in [-0.25, -0.2) is 0 Å². The Kier molecular flexibility index (Phi) is 3.65. The topological polar surface area (TPSA) is 33.3 Å². The standard InChI is InChI=1S/C16H24N2O/c1-16(7-10-17-11-8-16)12-19-14-6-2-4-13-5-3-9-18-15(13)14/h2,4,6,17-18H,3,5,7-12H2,1H3. The molecule has 2 heterocycles. The van der Waals surface area contributed by atoms with Gasteiger partial charge < -0.3 is 15.4 Å². The lowest BCUT2D eigenvalue weighted by atomic mass is 9.82. The van der Waals surface area contributed by atoms with Gasteiger partial charge in [0.1, 0.15) is 5.75 Å². The van der Waals surface area contributed by atoms with Gasteiger partial charge in [0.25, 0.3) is 0 Å². The summed E-state index contributed by atoms with van der Waals surface area (Å²) in [6.07, 6.45) is 4.80. The van der Waals surface area contributed by atoms with E-state index in [1.165, 1.54) is 36.9 Å². The van der Waals surface area contributed by atoms with Crippen molar-refractivity contribution in [1.82, 2.24) is 5.32 Å². The largest absolute Gasteiger partial charge is 0.491 e. The van der Waals surface area contributed by atoms with E-state index in [0.717, 1.165) is 32.0 Å². The van der Waals surface area contributed by atoms with Gasteiger partial charge in [0.15, 0.2) is 0 Å². The van der Waals surface area contributed by atoms with E-state index in [2.05, 4.69) is 35.8 Å². The van der Waals surface area contributed by atoms with Crippen LogP contribution in [-0.2, 0) is 6.42 Å². The summed E-state index contributed by atoms with van der Waals surface area (Å²) in [6, 6.07) is 6.42. The van der Waals surface area contributed by atoms with Gasteiger partial charge in [0.05, 0.1) is 12.3 Å². The highest BCUT2D eigenvalue weighted by Crippen LogP contribution is 2.35. The highest BCUT2D eigenvalue weighted by Gasteiger charge is 2.28. The SMILES string of the molecule is CC1(COc2cccc3c2NCCC3)CCNCC1. The number of rotatable bonds is 3. The number of piperidine rings is 1. The molecule has 0 spiro atoms. The van der Waals surface area contributed by atoms with Crippen LogP contribution >= 0.6 is 0 Å². The molecule has 0 saturated carbocycles. The highest BCUT2D eigenvalue weighted by molar-refractivity contribution is 5.63. The Balaban J connectivity index is 1.69. The lowest BCUT2D eigenvalue weighted by Crippen LogP contribution is -2.38. The number of aryl methyl sites for hydroxylation is 1. The number of hydrogen-bond acceptors (Lipinski definition) is 3. The summed E-state index contributed by atoms with van der Waals surface area (Å²) in [5.41, 5.74) is 2.95. The molecule has 1 fully saturated rings. The molecular weight excluding hydrogens is 236 g/mol.